The van der Waals surface area contributed by atoms with Gasteiger partial charge >= 0.3 is 0 Å². The molecule has 1 aromatic carbocycles. The van der Waals surface area contributed by atoms with Gasteiger partial charge in [0.05, 0.1) is 0 Å². The smallest absolute Gasteiger partial charge is 0.161 e. The van der Waals surface area contributed by atoms with Crippen LogP contribution in [0, 0.1) is 20.8 Å². The van der Waals surface area contributed by atoms with Gasteiger partial charge in [0.2, 0.25) is 0 Å². The molecule has 0 saturated heterocycles. The first-order chi connectivity index (χ1) is 8.58. The predicted molar refractivity (Wildman–Crippen MR) is 75.8 cm³/mol. The quantitative estimate of drug-likeness (QED) is 0.893. The van der Waals surface area contributed by atoms with E-state index in [1.807, 2.05) is 13.0 Å². The van der Waals surface area contributed by atoms with Gasteiger partial charge in [-0.1, -0.05) is 17.2 Å². The van der Waals surface area contributed by atoms with Crippen LogP contribution in [-0.2, 0) is 0 Å². The molecule has 0 bridgehead atoms. The number of hydrogen-bond acceptors (Lipinski definition) is 3. The van der Waals surface area contributed by atoms with Crippen LogP contribution in [0.15, 0.2) is 24.3 Å². The molecule has 3 nitrogen and oxygen atoms in total. The highest BCUT2D eigenvalue weighted by atomic mass is 15.0. The molecule has 1 N–H and O–H groups in total. The molecule has 0 amide bonds. The molecule has 2 rings (SSSR count). The number of nitrogens with zero attached hydrogens (tertiary/aromatic N) is 2. The van der Waals surface area contributed by atoms with Crippen LogP contribution in [0.5, 0.6) is 0 Å². The van der Waals surface area contributed by atoms with Crippen LogP contribution in [0.25, 0.3) is 11.4 Å². The van der Waals surface area contributed by atoms with Crippen molar-refractivity contribution in [1.82, 2.24) is 9.97 Å². The SMILES string of the molecule is CCNc1cc(C)nc(-c2cc(C)cc(C)c2)n1. The van der Waals surface area contributed by atoms with Gasteiger partial charge in [0.1, 0.15) is 5.82 Å². The Morgan fingerprint density at radius 2 is 1.61 bits per heavy atom. The van der Waals surface area contributed by atoms with Crippen LogP contribution in [0.3, 0.4) is 0 Å². The minimum atomic E-state index is 0.790. The van der Waals surface area contributed by atoms with Crippen molar-refractivity contribution >= 4 is 5.82 Å². The maximum atomic E-state index is 4.55. The summed E-state index contributed by atoms with van der Waals surface area (Å²) >= 11 is 0. The van der Waals surface area contributed by atoms with Crippen LogP contribution in [-0.4, -0.2) is 16.5 Å². The van der Waals surface area contributed by atoms with E-state index in [4.69, 9.17) is 0 Å². The number of anilines is 1. The van der Waals surface area contributed by atoms with Gasteiger partial charge in [0.25, 0.3) is 0 Å². The zero-order valence-electron chi connectivity index (χ0n) is 11.4. The predicted octanol–water partition coefficient (Wildman–Crippen LogP) is 3.50. The monoisotopic (exact) mass is 241 g/mol. The molecule has 0 radical (unpaired) electrons. The number of aromatic nitrogens is 2. The van der Waals surface area contributed by atoms with Crippen LogP contribution < -0.4 is 5.32 Å². The van der Waals surface area contributed by atoms with Gasteiger partial charge < -0.3 is 5.32 Å². The van der Waals surface area contributed by atoms with Crippen LogP contribution >= 0.6 is 0 Å². The Bertz CT molecular complexity index is 541. The lowest BCUT2D eigenvalue weighted by Gasteiger charge is -2.08. The highest BCUT2D eigenvalue weighted by Gasteiger charge is 2.05. The Morgan fingerprint density at radius 1 is 0.944 bits per heavy atom. The fourth-order valence-electron chi connectivity index (χ4n) is 2.07. The summed E-state index contributed by atoms with van der Waals surface area (Å²) in [6, 6.07) is 8.37. The minimum Gasteiger partial charge on any atom is -0.370 e. The molecule has 1 heterocycles. The van der Waals surface area contributed by atoms with E-state index in [-0.39, 0.29) is 0 Å². The maximum Gasteiger partial charge on any atom is 0.161 e. The van der Waals surface area contributed by atoms with Crippen molar-refractivity contribution in [2.24, 2.45) is 0 Å². The summed E-state index contributed by atoms with van der Waals surface area (Å²) in [6.45, 7) is 9.11. The van der Waals surface area contributed by atoms with Gasteiger partial charge in [0, 0.05) is 23.9 Å². The van der Waals surface area contributed by atoms with Gasteiger partial charge in [-0.15, -0.1) is 0 Å². The van der Waals surface area contributed by atoms with Gasteiger partial charge in [-0.25, -0.2) is 9.97 Å². The Kier molecular flexibility index (Phi) is 3.60. The molecular weight excluding hydrogens is 222 g/mol. The second-order valence-corrected chi connectivity index (χ2v) is 4.62. The molecule has 18 heavy (non-hydrogen) atoms. The molecule has 2 aromatic rings. The molecule has 0 aliphatic heterocycles. The lowest BCUT2D eigenvalue weighted by atomic mass is 10.1. The third kappa shape index (κ3) is 2.86. The number of hydrogen-bond donors (Lipinski definition) is 1. The molecule has 0 spiro atoms. The van der Waals surface area contributed by atoms with Gasteiger partial charge in [-0.3, -0.25) is 0 Å². The normalized spacial score (nSPS) is 10.4. The molecule has 94 valence electrons. The summed E-state index contributed by atoms with van der Waals surface area (Å²) in [5.41, 5.74) is 4.53. The number of rotatable bonds is 3. The number of benzene rings is 1. The fraction of sp³-hybridized carbons (Fsp3) is 0.333. The molecule has 0 atom stereocenters. The van der Waals surface area contributed by atoms with Crippen molar-refractivity contribution in [3.8, 4) is 11.4 Å². The summed E-state index contributed by atoms with van der Waals surface area (Å²) in [5, 5.41) is 3.24. The summed E-state index contributed by atoms with van der Waals surface area (Å²) in [4.78, 5) is 9.07. The zero-order chi connectivity index (χ0) is 13.1. The van der Waals surface area contributed by atoms with E-state index < -0.39 is 0 Å². The molecular formula is C15H19N3. The third-order valence-electron chi connectivity index (χ3n) is 2.69. The van der Waals surface area contributed by atoms with Gasteiger partial charge in [-0.05, 0) is 39.8 Å². The fourth-order valence-corrected chi connectivity index (χ4v) is 2.07. The molecule has 1 aromatic heterocycles. The largest absolute Gasteiger partial charge is 0.370 e. The lowest BCUT2D eigenvalue weighted by molar-refractivity contribution is 1.08. The molecule has 0 aliphatic carbocycles. The second kappa shape index (κ2) is 5.17. The topological polar surface area (TPSA) is 37.8 Å². The van der Waals surface area contributed by atoms with Gasteiger partial charge in [0.15, 0.2) is 5.82 Å². The average Bonchev–Trinajstić information content (AvgIpc) is 2.27. The van der Waals surface area contributed by atoms with E-state index in [2.05, 4.69) is 54.3 Å². The van der Waals surface area contributed by atoms with Gasteiger partial charge in [-0.2, -0.15) is 0 Å². The van der Waals surface area contributed by atoms with Crippen molar-refractivity contribution in [2.45, 2.75) is 27.7 Å². The van der Waals surface area contributed by atoms with Crippen LogP contribution in [0.1, 0.15) is 23.7 Å². The highest BCUT2D eigenvalue weighted by molar-refractivity contribution is 5.59. The molecule has 0 fully saturated rings. The first-order valence-corrected chi connectivity index (χ1v) is 6.26. The average molecular weight is 241 g/mol. The third-order valence-corrected chi connectivity index (χ3v) is 2.69. The Balaban J connectivity index is 2.49. The van der Waals surface area contributed by atoms with E-state index in [1.54, 1.807) is 0 Å². The summed E-state index contributed by atoms with van der Waals surface area (Å²) in [6.07, 6.45) is 0. The van der Waals surface area contributed by atoms with Crippen LogP contribution in [0.2, 0.25) is 0 Å². The van der Waals surface area contributed by atoms with E-state index in [9.17, 15) is 0 Å². The molecule has 0 saturated carbocycles. The van der Waals surface area contributed by atoms with Crippen molar-refractivity contribution < 1.29 is 0 Å². The summed E-state index contributed by atoms with van der Waals surface area (Å²) in [7, 11) is 0. The Hall–Kier alpha value is -1.90. The maximum absolute atomic E-state index is 4.55. The van der Waals surface area contributed by atoms with E-state index >= 15 is 0 Å². The number of aryl methyl sites for hydroxylation is 3. The molecule has 0 aliphatic rings. The Labute approximate surface area is 108 Å². The van der Waals surface area contributed by atoms with Crippen LogP contribution in [0.4, 0.5) is 5.82 Å². The van der Waals surface area contributed by atoms with Crippen molar-refractivity contribution in [2.75, 3.05) is 11.9 Å². The minimum absolute atomic E-state index is 0.790. The second-order valence-electron chi connectivity index (χ2n) is 4.62. The summed E-state index contributed by atoms with van der Waals surface area (Å²) in [5.74, 6) is 1.68. The summed E-state index contributed by atoms with van der Waals surface area (Å²) < 4.78 is 0. The first kappa shape index (κ1) is 12.6. The Morgan fingerprint density at radius 3 is 2.22 bits per heavy atom. The number of nitrogens with one attached hydrogen (secondary N) is 1. The van der Waals surface area contributed by atoms with Crippen molar-refractivity contribution in [1.29, 1.82) is 0 Å². The first-order valence-electron chi connectivity index (χ1n) is 6.26. The standard InChI is InChI=1S/C15H19N3/c1-5-16-14-9-12(4)17-15(18-14)13-7-10(2)6-11(3)8-13/h6-9H,5H2,1-4H3,(H,16,17,18). The lowest BCUT2D eigenvalue weighted by Crippen LogP contribution is -2.02. The molecule has 3 heteroatoms. The van der Waals surface area contributed by atoms with E-state index in [0.29, 0.717) is 0 Å². The van der Waals surface area contributed by atoms with Crippen molar-refractivity contribution in [3.05, 3.63) is 41.1 Å². The van der Waals surface area contributed by atoms with Crippen molar-refractivity contribution in [3.63, 3.8) is 0 Å². The van der Waals surface area contributed by atoms with E-state index in [1.165, 1.54) is 11.1 Å². The molecule has 0 unspecified atom stereocenters. The highest BCUT2D eigenvalue weighted by Crippen LogP contribution is 2.20. The van der Waals surface area contributed by atoms with E-state index in [0.717, 1.165) is 29.4 Å². The zero-order valence-corrected chi connectivity index (χ0v) is 11.4.